The lowest BCUT2D eigenvalue weighted by atomic mass is 9.92. The van der Waals surface area contributed by atoms with Gasteiger partial charge in [0.1, 0.15) is 60.7 Å². The first-order chi connectivity index (χ1) is 39.7. The molecule has 0 radical (unpaired) electrons. The molecule has 10 amide bonds. The molecule has 1 rings (SSSR count). The van der Waals surface area contributed by atoms with Gasteiger partial charge >= 0.3 is 5.97 Å². The van der Waals surface area contributed by atoms with Gasteiger partial charge in [0, 0.05) is 48.7 Å². The zero-order valence-corrected chi connectivity index (χ0v) is 56.1. The molecule has 86 heavy (non-hydrogen) atoms. The van der Waals surface area contributed by atoms with Gasteiger partial charge in [0.15, 0.2) is 6.10 Å². The van der Waals surface area contributed by atoms with Crippen LogP contribution in [0.15, 0.2) is 0 Å². The molecule has 1 saturated heterocycles. The summed E-state index contributed by atoms with van der Waals surface area (Å²) in [4.78, 5) is 179. The SMILES string of the molecule is CC[C@@H]1NC(=O)[C@H]([C@H](O)[C@H](C)CC=O)N(C)C(=O)[C@H](C(C)C)N(C)C(=O)[C@H](CC(C)C)NC(=O)[C@@H](CC(C)C)N(C)C(=O)[C@@H](C(C)C)OC(=O)[C@H](C)NC(=O)[C@H](CC(C)C)N(C)C(=O)[C@H](CC(C)C)NC(=O)[C@H](CC(C)C)N(C)C(=O)CN(C)C1=O. The lowest BCUT2D eigenvalue weighted by Gasteiger charge is -2.40. The topological polar surface area (TPSA) is 302 Å². The van der Waals surface area contributed by atoms with Crippen molar-refractivity contribution in [2.24, 2.45) is 47.3 Å². The monoisotopic (exact) mass is 1220 g/mol. The molecule has 24 heteroatoms. The maximum Gasteiger partial charge on any atom is 0.329 e. The Balaban J connectivity index is 4.35. The highest BCUT2D eigenvalue weighted by Crippen LogP contribution is 2.24. The summed E-state index contributed by atoms with van der Waals surface area (Å²) in [7, 11) is 8.19. The second-order valence-corrected chi connectivity index (χ2v) is 26.6. The fourth-order valence-corrected chi connectivity index (χ4v) is 10.6. The van der Waals surface area contributed by atoms with Crippen LogP contribution in [0, 0.1) is 47.3 Å². The summed E-state index contributed by atoms with van der Waals surface area (Å²) in [5.74, 6) is -11.4. The zero-order valence-electron chi connectivity index (χ0n) is 56.1. The summed E-state index contributed by atoms with van der Waals surface area (Å²) >= 11 is 0. The van der Waals surface area contributed by atoms with Crippen LogP contribution < -0.4 is 21.3 Å². The van der Waals surface area contributed by atoms with Gasteiger partial charge in [0.05, 0.1) is 12.6 Å². The summed E-state index contributed by atoms with van der Waals surface area (Å²) in [6.07, 6.45) is -2.27. The van der Waals surface area contributed by atoms with Crippen molar-refractivity contribution in [3.05, 3.63) is 0 Å². The van der Waals surface area contributed by atoms with E-state index < -0.39 is 156 Å². The standard InChI is InChI=1S/C62H110N10O14/c1-24-42-57(80)67(18)32-48(74)68(19)45(29-35(6)7)54(77)65-43(27-33(2)3)58(81)69(20)46(30-36(8)9)53(76)63-41(17)62(85)86-52(39(14)15)61(84)70(21)47(31-37(10)11)55(78)66-44(28-34(4)5)59(82)71(22)49(38(12)13)60(83)72(23)50(56(79)64-42)51(75)40(16)25-26-73/h26,33-47,49-52,75H,24-25,27-32H2,1-23H3,(H,63,76)(H,64,79)(H,65,77)(H,66,78)/t40-,41+,42+,43+,44+,45+,46+,47-,49+,50+,51-,52-/m1/s1. The maximum absolute atomic E-state index is 15.0. The molecule has 0 spiro atoms. The Morgan fingerprint density at radius 1 is 0.477 bits per heavy atom. The summed E-state index contributed by atoms with van der Waals surface area (Å²) in [6, 6.07) is -11.8. The Hall–Kier alpha value is -6.20. The third-order valence-electron chi connectivity index (χ3n) is 15.8. The van der Waals surface area contributed by atoms with E-state index in [1.807, 2.05) is 69.2 Å². The largest absolute Gasteiger partial charge is 0.450 e. The molecule has 0 unspecified atom stereocenters. The zero-order chi connectivity index (χ0) is 66.7. The van der Waals surface area contributed by atoms with Crippen LogP contribution >= 0.6 is 0 Å². The number of carbonyl (C=O) groups is 12. The third-order valence-corrected chi connectivity index (χ3v) is 15.8. The number of ether oxygens (including phenoxy) is 1. The summed E-state index contributed by atoms with van der Waals surface area (Å²) in [6.45, 7) is 29.0. The van der Waals surface area contributed by atoms with Gasteiger partial charge in [-0.25, -0.2) is 4.79 Å². The Kier molecular flexibility index (Phi) is 32.2. The predicted molar refractivity (Wildman–Crippen MR) is 327 cm³/mol. The fraction of sp³-hybridized carbons (Fsp3) is 0.806. The second-order valence-electron chi connectivity index (χ2n) is 26.6. The molecule has 5 N–H and O–H groups in total. The Morgan fingerprint density at radius 2 is 0.860 bits per heavy atom. The Labute approximate surface area is 513 Å². The molecule has 24 nitrogen and oxygen atoms in total. The molecule has 492 valence electrons. The predicted octanol–water partition coefficient (Wildman–Crippen LogP) is 3.00. The van der Waals surface area contributed by atoms with Gasteiger partial charge in [0.25, 0.3) is 5.91 Å². The van der Waals surface area contributed by atoms with E-state index in [0.717, 1.165) is 9.80 Å². The van der Waals surface area contributed by atoms with Gasteiger partial charge in [-0.3, -0.25) is 47.9 Å². The number of hydrogen-bond donors (Lipinski definition) is 5. The first kappa shape index (κ1) is 77.8. The average molecular weight is 1220 g/mol. The normalized spacial score (nSPS) is 26.5. The summed E-state index contributed by atoms with van der Waals surface area (Å²) in [5, 5.41) is 22.9. The minimum Gasteiger partial charge on any atom is -0.450 e. The van der Waals surface area contributed by atoms with E-state index in [1.54, 1.807) is 34.6 Å². The second kappa shape index (κ2) is 35.6. The molecule has 0 aromatic rings. The number of likely N-dealkylation sites (N-methyl/N-ethyl adjacent to an activating group) is 6. The third kappa shape index (κ3) is 22.5. The van der Waals surface area contributed by atoms with Crippen LogP contribution in [0.25, 0.3) is 0 Å². The number of esters is 1. The molecular formula is C62H110N10O14. The molecule has 0 aliphatic carbocycles. The van der Waals surface area contributed by atoms with Crippen molar-refractivity contribution in [3.63, 3.8) is 0 Å². The highest BCUT2D eigenvalue weighted by Gasteiger charge is 2.45. The number of amides is 10. The molecule has 1 fully saturated rings. The molecule has 0 aromatic carbocycles. The van der Waals surface area contributed by atoms with Gasteiger partial charge in [-0.2, -0.15) is 0 Å². The van der Waals surface area contributed by atoms with E-state index in [4.69, 9.17) is 4.74 Å². The molecule has 1 heterocycles. The van der Waals surface area contributed by atoms with Gasteiger partial charge in [-0.15, -0.1) is 0 Å². The van der Waals surface area contributed by atoms with Crippen molar-refractivity contribution in [2.75, 3.05) is 48.8 Å². The van der Waals surface area contributed by atoms with Crippen LogP contribution in [-0.4, -0.2) is 221 Å². The quantitative estimate of drug-likeness (QED) is 0.103. The number of aliphatic hydroxyl groups excluding tert-OH is 1. The number of carbonyl (C=O) groups excluding carboxylic acids is 12. The summed E-state index contributed by atoms with van der Waals surface area (Å²) < 4.78 is 5.88. The molecule has 12 atom stereocenters. The number of aliphatic hydroxyl groups is 1. The molecule has 1 aliphatic heterocycles. The van der Waals surface area contributed by atoms with Crippen molar-refractivity contribution in [1.29, 1.82) is 0 Å². The van der Waals surface area contributed by atoms with E-state index in [1.165, 1.54) is 75.7 Å². The molecular weight excluding hydrogens is 1110 g/mol. The Bertz CT molecular complexity index is 2330. The van der Waals surface area contributed by atoms with Crippen molar-refractivity contribution < 1.29 is 67.4 Å². The van der Waals surface area contributed by atoms with E-state index >= 15 is 0 Å². The minimum atomic E-state index is -1.74. The van der Waals surface area contributed by atoms with Crippen LogP contribution in [0.4, 0.5) is 0 Å². The van der Waals surface area contributed by atoms with E-state index in [2.05, 4.69) is 21.3 Å². The van der Waals surface area contributed by atoms with Crippen molar-refractivity contribution in [1.82, 2.24) is 50.7 Å². The summed E-state index contributed by atoms with van der Waals surface area (Å²) in [5.41, 5.74) is 0. The molecule has 1 aliphatic rings. The van der Waals surface area contributed by atoms with Crippen molar-refractivity contribution in [3.8, 4) is 0 Å². The first-order valence-electron chi connectivity index (χ1n) is 30.8. The van der Waals surface area contributed by atoms with E-state index in [-0.39, 0.29) is 74.5 Å². The fourth-order valence-electron chi connectivity index (χ4n) is 10.6. The number of cyclic esters (lactones) is 1. The first-order valence-corrected chi connectivity index (χ1v) is 30.8. The van der Waals surface area contributed by atoms with E-state index in [0.29, 0.717) is 6.29 Å². The molecule has 0 saturated carbocycles. The van der Waals surface area contributed by atoms with Gasteiger partial charge in [-0.1, -0.05) is 111 Å². The Morgan fingerprint density at radius 3 is 1.26 bits per heavy atom. The van der Waals surface area contributed by atoms with Gasteiger partial charge < -0.3 is 65.3 Å². The number of hydrogen-bond acceptors (Lipinski definition) is 14. The lowest BCUT2D eigenvalue weighted by molar-refractivity contribution is -0.166. The van der Waals surface area contributed by atoms with Gasteiger partial charge in [0.2, 0.25) is 53.2 Å². The van der Waals surface area contributed by atoms with Crippen LogP contribution in [0.3, 0.4) is 0 Å². The highest BCUT2D eigenvalue weighted by atomic mass is 16.6. The number of rotatable bonds is 17. The number of nitrogens with one attached hydrogen (secondary N) is 4. The van der Waals surface area contributed by atoms with Crippen molar-refractivity contribution >= 4 is 71.3 Å². The van der Waals surface area contributed by atoms with Crippen LogP contribution in [0.5, 0.6) is 0 Å². The maximum atomic E-state index is 15.0. The van der Waals surface area contributed by atoms with Crippen molar-refractivity contribution in [2.45, 2.75) is 229 Å². The van der Waals surface area contributed by atoms with Crippen LogP contribution in [0.1, 0.15) is 163 Å². The van der Waals surface area contributed by atoms with Gasteiger partial charge in [-0.05, 0) is 92.8 Å². The van der Waals surface area contributed by atoms with Crippen LogP contribution in [-0.2, 0) is 62.3 Å². The van der Waals surface area contributed by atoms with Crippen LogP contribution in [0.2, 0.25) is 0 Å². The highest BCUT2D eigenvalue weighted by molar-refractivity contribution is 5.99. The average Bonchev–Trinajstić information content (AvgIpc) is 2.59. The number of nitrogens with zero attached hydrogens (tertiary/aromatic N) is 6. The minimum absolute atomic E-state index is 0.0267. The van der Waals surface area contributed by atoms with E-state index in [9.17, 15) is 62.6 Å². The molecule has 0 bridgehead atoms. The molecule has 0 aromatic heterocycles. The lowest BCUT2D eigenvalue weighted by Crippen LogP contribution is -2.63. The smallest absolute Gasteiger partial charge is 0.329 e. The number of aldehydes is 1.